The van der Waals surface area contributed by atoms with Crippen LogP contribution in [0.3, 0.4) is 0 Å². The number of aromatic nitrogens is 3. The van der Waals surface area contributed by atoms with Crippen LogP contribution in [-0.2, 0) is 0 Å². The molecule has 3 aromatic carbocycles. The zero-order chi connectivity index (χ0) is 20.5. The van der Waals surface area contributed by atoms with E-state index in [2.05, 4.69) is 4.98 Å². The van der Waals surface area contributed by atoms with Gasteiger partial charge in [0, 0.05) is 23.5 Å². The zero-order valence-corrected chi connectivity index (χ0v) is 15.9. The van der Waals surface area contributed by atoms with Gasteiger partial charge in [-0.2, -0.15) is 0 Å². The van der Waals surface area contributed by atoms with Crippen molar-refractivity contribution in [1.29, 1.82) is 0 Å². The molecule has 30 heavy (non-hydrogen) atoms. The molecule has 3 N–H and O–H groups in total. The van der Waals surface area contributed by atoms with Gasteiger partial charge in [-0.25, -0.2) is 9.97 Å². The number of benzene rings is 3. The van der Waals surface area contributed by atoms with Crippen LogP contribution in [0.15, 0.2) is 91.3 Å². The maximum absolute atomic E-state index is 9.89. The third-order valence-electron chi connectivity index (χ3n) is 4.79. The van der Waals surface area contributed by atoms with E-state index in [0.717, 1.165) is 22.6 Å². The van der Waals surface area contributed by atoms with Crippen molar-refractivity contribution in [2.45, 2.75) is 0 Å². The molecule has 5 aromatic rings. The van der Waals surface area contributed by atoms with Crippen LogP contribution in [-0.4, -0.2) is 19.5 Å². The summed E-state index contributed by atoms with van der Waals surface area (Å²) < 4.78 is 7.77. The Labute approximate surface area is 172 Å². The Balaban J connectivity index is 1.59. The molecule has 0 unspecified atom stereocenters. The molecule has 0 bridgehead atoms. The van der Waals surface area contributed by atoms with E-state index in [0.29, 0.717) is 22.9 Å². The van der Waals surface area contributed by atoms with Gasteiger partial charge in [0.15, 0.2) is 0 Å². The molecule has 2 heterocycles. The van der Waals surface area contributed by atoms with Gasteiger partial charge in [0.2, 0.25) is 0 Å². The zero-order valence-electron chi connectivity index (χ0n) is 15.9. The summed E-state index contributed by atoms with van der Waals surface area (Å²) in [5.74, 6) is 2.74. The average Bonchev–Trinajstić information content (AvgIpc) is 3.16. The Morgan fingerprint density at radius 2 is 1.60 bits per heavy atom. The summed E-state index contributed by atoms with van der Waals surface area (Å²) in [6.07, 6.45) is 3.45. The van der Waals surface area contributed by atoms with Gasteiger partial charge in [-0.3, -0.25) is 4.40 Å². The van der Waals surface area contributed by atoms with Crippen molar-refractivity contribution < 1.29 is 9.84 Å². The van der Waals surface area contributed by atoms with E-state index >= 15 is 0 Å². The van der Waals surface area contributed by atoms with Crippen LogP contribution in [0.25, 0.3) is 28.2 Å². The number of anilines is 1. The lowest BCUT2D eigenvalue weighted by Gasteiger charge is -2.06. The molecular formula is C24H18N4O2. The van der Waals surface area contributed by atoms with Gasteiger partial charge in [-0.1, -0.05) is 30.3 Å². The molecule has 146 valence electrons. The Hall–Kier alpha value is -4.32. The smallest absolute Gasteiger partial charge is 0.150 e. The molecule has 0 spiro atoms. The van der Waals surface area contributed by atoms with Crippen molar-refractivity contribution in [1.82, 2.24) is 14.4 Å². The second-order valence-electron chi connectivity index (χ2n) is 6.80. The van der Waals surface area contributed by atoms with E-state index in [1.165, 1.54) is 0 Å². The predicted molar refractivity (Wildman–Crippen MR) is 116 cm³/mol. The highest BCUT2D eigenvalue weighted by Crippen LogP contribution is 2.34. The SMILES string of the molecule is Nc1nccn2c(-c3cccc(O)c3)nc(-c3ccc(Oc4ccccc4)cc3)c12. The summed E-state index contributed by atoms with van der Waals surface area (Å²) in [6, 6.07) is 24.3. The molecule has 6 nitrogen and oxygen atoms in total. The normalized spacial score (nSPS) is 10.9. The molecule has 6 heteroatoms. The highest BCUT2D eigenvalue weighted by molar-refractivity contribution is 5.88. The molecule has 0 aliphatic carbocycles. The van der Waals surface area contributed by atoms with Crippen LogP contribution in [0.2, 0.25) is 0 Å². The Bertz CT molecular complexity index is 1330. The summed E-state index contributed by atoms with van der Waals surface area (Å²) >= 11 is 0. The standard InChI is InChI=1S/C24H18N4O2/c25-23-22-21(16-9-11-20(12-10-16)30-19-7-2-1-3-8-19)27-24(28(22)14-13-26-23)17-5-4-6-18(29)15-17/h1-15,29H,(H2,25,26). The van der Waals surface area contributed by atoms with E-state index in [4.69, 9.17) is 15.5 Å². The molecule has 0 aliphatic heterocycles. The van der Waals surface area contributed by atoms with Crippen LogP contribution in [0.1, 0.15) is 0 Å². The number of imidazole rings is 1. The lowest BCUT2D eigenvalue weighted by atomic mass is 10.1. The molecule has 0 amide bonds. The number of aromatic hydroxyl groups is 1. The molecule has 0 fully saturated rings. The molecule has 0 atom stereocenters. The molecule has 0 radical (unpaired) electrons. The van der Waals surface area contributed by atoms with Gasteiger partial charge in [0.25, 0.3) is 0 Å². The maximum Gasteiger partial charge on any atom is 0.150 e. The number of nitrogens with two attached hydrogens (primary N) is 1. The number of para-hydroxylation sites is 1. The third kappa shape index (κ3) is 3.20. The number of fused-ring (bicyclic) bond motifs is 1. The molecule has 2 aromatic heterocycles. The number of rotatable bonds is 4. The van der Waals surface area contributed by atoms with Gasteiger partial charge in [-0.05, 0) is 48.5 Å². The quantitative estimate of drug-likeness (QED) is 0.441. The predicted octanol–water partition coefficient (Wildman–Crippen LogP) is 5.14. The average molecular weight is 394 g/mol. The second-order valence-corrected chi connectivity index (χ2v) is 6.80. The van der Waals surface area contributed by atoms with Crippen LogP contribution in [0, 0.1) is 0 Å². The monoisotopic (exact) mass is 394 g/mol. The summed E-state index contributed by atoms with van der Waals surface area (Å²) in [5, 5.41) is 9.89. The first kappa shape index (κ1) is 17.8. The van der Waals surface area contributed by atoms with Crippen molar-refractivity contribution in [3.8, 4) is 39.9 Å². The van der Waals surface area contributed by atoms with E-state index in [1.807, 2.05) is 71.3 Å². The van der Waals surface area contributed by atoms with Crippen molar-refractivity contribution in [2.75, 3.05) is 5.73 Å². The molecule has 5 rings (SSSR count). The van der Waals surface area contributed by atoms with Gasteiger partial charge < -0.3 is 15.6 Å². The number of nitrogen functional groups attached to an aromatic ring is 1. The minimum absolute atomic E-state index is 0.176. The number of phenols is 1. The molecule has 0 saturated heterocycles. The van der Waals surface area contributed by atoms with Crippen molar-refractivity contribution in [3.05, 3.63) is 91.3 Å². The molecular weight excluding hydrogens is 376 g/mol. The van der Waals surface area contributed by atoms with Crippen LogP contribution in [0.5, 0.6) is 17.2 Å². The number of ether oxygens (including phenoxy) is 1. The van der Waals surface area contributed by atoms with Crippen molar-refractivity contribution in [3.63, 3.8) is 0 Å². The summed E-state index contributed by atoms with van der Waals surface area (Å²) in [4.78, 5) is 9.07. The summed E-state index contributed by atoms with van der Waals surface area (Å²) in [6.45, 7) is 0. The lowest BCUT2D eigenvalue weighted by molar-refractivity contribution is 0.475. The number of nitrogens with zero attached hydrogens (tertiary/aromatic N) is 3. The first-order chi connectivity index (χ1) is 14.7. The second kappa shape index (κ2) is 7.25. The number of hydrogen-bond acceptors (Lipinski definition) is 5. The molecule has 0 saturated carbocycles. The topological polar surface area (TPSA) is 85.7 Å². The third-order valence-corrected chi connectivity index (χ3v) is 4.79. The van der Waals surface area contributed by atoms with Crippen LogP contribution in [0.4, 0.5) is 5.82 Å². The van der Waals surface area contributed by atoms with Crippen molar-refractivity contribution >= 4 is 11.3 Å². The maximum atomic E-state index is 9.89. The van der Waals surface area contributed by atoms with Gasteiger partial charge in [0.1, 0.15) is 40.1 Å². The van der Waals surface area contributed by atoms with E-state index in [9.17, 15) is 5.11 Å². The fraction of sp³-hybridized carbons (Fsp3) is 0. The Morgan fingerprint density at radius 3 is 2.37 bits per heavy atom. The highest BCUT2D eigenvalue weighted by atomic mass is 16.5. The first-order valence-corrected chi connectivity index (χ1v) is 9.44. The van der Waals surface area contributed by atoms with Crippen LogP contribution < -0.4 is 10.5 Å². The van der Waals surface area contributed by atoms with E-state index in [-0.39, 0.29) is 5.75 Å². The lowest BCUT2D eigenvalue weighted by Crippen LogP contribution is -1.96. The number of phenolic OH excluding ortho intramolecular Hbond substituents is 1. The van der Waals surface area contributed by atoms with Crippen molar-refractivity contribution in [2.24, 2.45) is 0 Å². The minimum Gasteiger partial charge on any atom is -0.508 e. The largest absolute Gasteiger partial charge is 0.508 e. The number of hydrogen-bond donors (Lipinski definition) is 2. The molecule has 0 aliphatic rings. The fourth-order valence-corrected chi connectivity index (χ4v) is 3.42. The Morgan fingerprint density at radius 1 is 0.833 bits per heavy atom. The summed E-state index contributed by atoms with van der Waals surface area (Å²) in [7, 11) is 0. The fourth-order valence-electron chi connectivity index (χ4n) is 3.42. The van der Waals surface area contributed by atoms with Gasteiger partial charge >= 0.3 is 0 Å². The summed E-state index contributed by atoms with van der Waals surface area (Å²) in [5.41, 5.74) is 9.30. The minimum atomic E-state index is 0.176. The van der Waals surface area contributed by atoms with Gasteiger partial charge in [0.05, 0.1) is 0 Å². The first-order valence-electron chi connectivity index (χ1n) is 9.44. The Kier molecular flexibility index (Phi) is 4.29. The van der Waals surface area contributed by atoms with E-state index < -0.39 is 0 Å². The van der Waals surface area contributed by atoms with Crippen LogP contribution >= 0.6 is 0 Å². The highest BCUT2D eigenvalue weighted by Gasteiger charge is 2.17. The van der Waals surface area contributed by atoms with Gasteiger partial charge in [-0.15, -0.1) is 0 Å². The van der Waals surface area contributed by atoms with E-state index in [1.54, 1.807) is 24.4 Å².